The molecule has 1 aliphatic heterocycles. The van der Waals surface area contributed by atoms with Gasteiger partial charge in [-0.15, -0.1) is 0 Å². The van der Waals surface area contributed by atoms with Gasteiger partial charge in [0.25, 0.3) is 11.6 Å². The van der Waals surface area contributed by atoms with E-state index in [1.807, 2.05) is 4.90 Å². The van der Waals surface area contributed by atoms with Crippen LogP contribution in [-0.2, 0) is 0 Å². The molecule has 2 rings (SSSR count). The Balaban J connectivity index is 2.31. The number of amides is 1. The average Bonchev–Trinajstić information content (AvgIpc) is 2.94. The molecule has 1 aromatic carbocycles. The van der Waals surface area contributed by atoms with Gasteiger partial charge in [0.05, 0.1) is 4.92 Å². The summed E-state index contributed by atoms with van der Waals surface area (Å²) < 4.78 is 0. The van der Waals surface area contributed by atoms with E-state index in [9.17, 15) is 14.9 Å². The zero-order valence-corrected chi connectivity index (χ0v) is 11.8. The van der Waals surface area contributed by atoms with Crippen LogP contribution in [-0.4, -0.2) is 35.4 Å². The third-order valence-corrected chi connectivity index (χ3v) is 3.82. The number of nitrogens with one attached hydrogen (secondary N) is 1. The van der Waals surface area contributed by atoms with E-state index in [0.29, 0.717) is 11.3 Å². The smallest absolute Gasteiger partial charge is 0.293 e. The van der Waals surface area contributed by atoms with Crippen LogP contribution < -0.4 is 5.32 Å². The summed E-state index contributed by atoms with van der Waals surface area (Å²) in [7, 11) is 1.62. The molecule has 0 saturated carbocycles. The second kappa shape index (κ2) is 5.90. The number of carbonyl (C=O) groups is 1. The fourth-order valence-corrected chi connectivity index (χ4v) is 2.72. The molecule has 0 aromatic heterocycles. The number of rotatable bonds is 4. The van der Waals surface area contributed by atoms with E-state index in [1.54, 1.807) is 19.2 Å². The Morgan fingerprint density at radius 1 is 1.55 bits per heavy atom. The number of nitro groups is 1. The van der Waals surface area contributed by atoms with Crippen LogP contribution >= 0.6 is 0 Å². The van der Waals surface area contributed by atoms with Crippen LogP contribution in [0.5, 0.6) is 0 Å². The van der Waals surface area contributed by atoms with Gasteiger partial charge in [0.15, 0.2) is 0 Å². The molecular weight excluding hydrogens is 258 g/mol. The quantitative estimate of drug-likeness (QED) is 0.678. The molecule has 1 fully saturated rings. The molecule has 20 heavy (non-hydrogen) atoms. The predicted molar refractivity (Wildman–Crippen MR) is 77.0 cm³/mol. The minimum absolute atomic E-state index is 0.0643. The van der Waals surface area contributed by atoms with Crippen LogP contribution in [0.1, 0.15) is 36.5 Å². The summed E-state index contributed by atoms with van der Waals surface area (Å²) in [6.45, 7) is 2.79. The lowest BCUT2D eigenvalue weighted by Crippen LogP contribution is -2.35. The second-order valence-corrected chi connectivity index (χ2v) is 4.94. The molecule has 6 heteroatoms. The van der Waals surface area contributed by atoms with Crippen molar-refractivity contribution in [2.24, 2.45) is 0 Å². The van der Waals surface area contributed by atoms with Gasteiger partial charge in [0.2, 0.25) is 0 Å². The van der Waals surface area contributed by atoms with E-state index >= 15 is 0 Å². The molecule has 1 saturated heterocycles. The van der Waals surface area contributed by atoms with E-state index < -0.39 is 4.92 Å². The molecule has 1 amide bonds. The van der Waals surface area contributed by atoms with Crippen LogP contribution in [0.4, 0.5) is 11.4 Å². The molecule has 1 N–H and O–H groups in total. The largest absolute Gasteiger partial charge is 0.383 e. The van der Waals surface area contributed by atoms with E-state index in [2.05, 4.69) is 12.2 Å². The number of anilines is 1. The first-order valence-electron chi connectivity index (χ1n) is 6.85. The molecule has 1 aliphatic rings. The number of carbonyl (C=O) groups excluding carboxylic acids is 1. The molecule has 1 atom stereocenters. The Morgan fingerprint density at radius 2 is 2.30 bits per heavy atom. The molecule has 0 spiro atoms. The molecule has 1 unspecified atom stereocenters. The third-order valence-electron chi connectivity index (χ3n) is 3.82. The number of nitrogens with zero attached hydrogens (tertiary/aromatic N) is 2. The van der Waals surface area contributed by atoms with Crippen LogP contribution in [0.25, 0.3) is 0 Å². The number of hydrogen-bond acceptors (Lipinski definition) is 4. The fourth-order valence-electron chi connectivity index (χ4n) is 2.72. The summed E-state index contributed by atoms with van der Waals surface area (Å²) in [6.07, 6.45) is 2.93. The van der Waals surface area contributed by atoms with Gasteiger partial charge in [-0.05, 0) is 31.4 Å². The lowest BCUT2D eigenvalue weighted by Gasteiger charge is -2.23. The Labute approximate surface area is 117 Å². The minimum Gasteiger partial charge on any atom is -0.383 e. The van der Waals surface area contributed by atoms with Crippen LogP contribution in [0, 0.1) is 10.1 Å². The summed E-state index contributed by atoms with van der Waals surface area (Å²) >= 11 is 0. The highest BCUT2D eigenvalue weighted by Crippen LogP contribution is 2.28. The summed E-state index contributed by atoms with van der Waals surface area (Å²) in [5.74, 6) is -0.111. The van der Waals surface area contributed by atoms with Crippen molar-refractivity contribution in [3.05, 3.63) is 33.9 Å². The third kappa shape index (κ3) is 2.59. The van der Waals surface area contributed by atoms with Crippen molar-refractivity contribution in [2.45, 2.75) is 32.2 Å². The molecule has 108 valence electrons. The summed E-state index contributed by atoms with van der Waals surface area (Å²) in [6, 6.07) is 4.85. The van der Waals surface area contributed by atoms with Gasteiger partial charge >= 0.3 is 0 Å². The molecule has 1 aromatic rings. The fraction of sp³-hybridized carbons (Fsp3) is 0.500. The van der Waals surface area contributed by atoms with Crippen LogP contribution in [0.15, 0.2) is 18.2 Å². The second-order valence-electron chi connectivity index (χ2n) is 4.94. The lowest BCUT2D eigenvalue weighted by molar-refractivity contribution is -0.384. The number of hydrogen-bond donors (Lipinski definition) is 1. The number of likely N-dealkylation sites (tertiary alicyclic amines) is 1. The van der Waals surface area contributed by atoms with Crippen molar-refractivity contribution >= 4 is 17.3 Å². The predicted octanol–water partition coefficient (Wildman–Crippen LogP) is 2.65. The normalized spacial score (nSPS) is 18.1. The van der Waals surface area contributed by atoms with E-state index in [4.69, 9.17) is 0 Å². The highest BCUT2D eigenvalue weighted by Gasteiger charge is 2.29. The maximum Gasteiger partial charge on any atom is 0.293 e. The Morgan fingerprint density at radius 3 is 2.90 bits per heavy atom. The van der Waals surface area contributed by atoms with Crippen LogP contribution in [0.2, 0.25) is 0 Å². The maximum atomic E-state index is 12.5. The topological polar surface area (TPSA) is 75.5 Å². The maximum absolute atomic E-state index is 12.5. The van der Waals surface area contributed by atoms with Gasteiger partial charge in [-0.1, -0.05) is 6.92 Å². The lowest BCUT2D eigenvalue weighted by atomic mass is 10.1. The average molecular weight is 277 g/mol. The van der Waals surface area contributed by atoms with Crippen molar-refractivity contribution < 1.29 is 9.72 Å². The van der Waals surface area contributed by atoms with E-state index in [0.717, 1.165) is 25.8 Å². The molecule has 0 radical (unpaired) electrons. The summed E-state index contributed by atoms with van der Waals surface area (Å²) in [5.41, 5.74) is 0.738. The Bertz CT molecular complexity index is 530. The van der Waals surface area contributed by atoms with Crippen LogP contribution in [0.3, 0.4) is 0 Å². The van der Waals surface area contributed by atoms with Crippen molar-refractivity contribution in [1.82, 2.24) is 4.90 Å². The molecule has 0 aliphatic carbocycles. The van der Waals surface area contributed by atoms with Gasteiger partial charge in [-0.25, -0.2) is 0 Å². The highest BCUT2D eigenvalue weighted by atomic mass is 16.6. The molecular formula is C14H19N3O3. The first-order chi connectivity index (χ1) is 9.58. The Hall–Kier alpha value is -2.11. The molecule has 0 bridgehead atoms. The molecule has 1 heterocycles. The minimum atomic E-state index is -0.468. The van der Waals surface area contributed by atoms with E-state index in [-0.39, 0.29) is 17.6 Å². The van der Waals surface area contributed by atoms with Crippen molar-refractivity contribution in [3.8, 4) is 0 Å². The van der Waals surface area contributed by atoms with Crippen molar-refractivity contribution in [2.75, 3.05) is 18.9 Å². The van der Waals surface area contributed by atoms with Gasteiger partial charge in [0.1, 0.15) is 5.69 Å². The Kier molecular flexibility index (Phi) is 4.22. The highest BCUT2D eigenvalue weighted by molar-refractivity contribution is 5.96. The summed E-state index contributed by atoms with van der Waals surface area (Å²) in [4.78, 5) is 24.9. The van der Waals surface area contributed by atoms with Crippen molar-refractivity contribution in [3.63, 3.8) is 0 Å². The van der Waals surface area contributed by atoms with Gasteiger partial charge < -0.3 is 10.2 Å². The summed E-state index contributed by atoms with van der Waals surface area (Å²) in [5, 5.41) is 13.8. The monoisotopic (exact) mass is 277 g/mol. The zero-order chi connectivity index (χ0) is 14.7. The number of nitro benzene ring substituents is 1. The van der Waals surface area contributed by atoms with Crippen molar-refractivity contribution in [1.29, 1.82) is 0 Å². The standard InChI is InChI=1S/C14H19N3O3/c1-3-11-5-4-8-16(11)14(18)10-6-7-12(15-2)13(9-10)17(19)20/h6-7,9,11,15H,3-5,8H2,1-2H3. The SMILES string of the molecule is CCC1CCCN1C(=O)c1ccc(NC)c([N+](=O)[O-])c1. The number of benzene rings is 1. The van der Waals surface area contributed by atoms with Gasteiger partial charge in [0, 0.05) is 31.3 Å². The van der Waals surface area contributed by atoms with Gasteiger partial charge in [-0.2, -0.15) is 0 Å². The zero-order valence-electron chi connectivity index (χ0n) is 11.8. The first-order valence-corrected chi connectivity index (χ1v) is 6.85. The first kappa shape index (κ1) is 14.3. The van der Waals surface area contributed by atoms with E-state index in [1.165, 1.54) is 6.07 Å². The van der Waals surface area contributed by atoms with Gasteiger partial charge in [-0.3, -0.25) is 14.9 Å². The molecule has 6 nitrogen and oxygen atoms in total.